The Morgan fingerprint density at radius 1 is 1.29 bits per heavy atom. The molecule has 1 aliphatic rings. The molecule has 1 N–H and O–H groups in total. The van der Waals surface area contributed by atoms with Gasteiger partial charge in [-0.25, -0.2) is 0 Å². The molecule has 1 nitrogen and oxygen atoms in total. The molecule has 0 saturated carbocycles. The third kappa shape index (κ3) is 3.45. The molecule has 1 unspecified atom stereocenters. The molecule has 1 aliphatic carbocycles. The Kier molecular flexibility index (Phi) is 4.67. The molecule has 0 amide bonds. The van der Waals surface area contributed by atoms with E-state index in [1.165, 1.54) is 38.6 Å². The van der Waals surface area contributed by atoms with Crippen LogP contribution in [-0.2, 0) is 0 Å². The van der Waals surface area contributed by atoms with Gasteiger partial charge in [-0.05, 0) is 51.5 Å². The largest absolute Gasteiger partial charge is 0.311 e. The molecule has 0 aliphatic heterocycles. The van der Waals surface area contributed by atoms with Gasteiger partial charge in [0.05, 0.1) is 0 Å². The van der Waals surface area contributed by atoms with E-state index in [0.29, 0.717) is 5.54 Å². The van der Waals surface area contributed by atoms with Crippen LogP contribution in [0.2, 0.25) is 0 Å². The zero-order valence-corrected chi connectivity index (χ0v) is 9.97. The van der Waals surface area contributed by atoms with Gasteiger partial charge in [-0.2, -0.15) is 0 Å². The van der Waals surface area contributed by atoms with E-state index >= 15 is 0 Å². The molecular formula is C13H25N. The number of allylic oxidation sites excluding steroid dienone is 2. The van der Waals surface area contributed by atoms with E-state index in [0.717, 1.165) is 5.92 Å². The minimum atomic E-state index is 0.362. The van der Waals surface area contributed by atoms with E-state index in [4.69, 9.17) is 0 Å². The van der Waals surface area contributed by atoms with Crippen LogP contribution in [0.5, 0.6) is 0 Å². The van der Waals surface area contributed by atoms with E-state index in [1.807, 2.05) is 0 Å². The van der Waals surface area contributed by atoms with Gasteiger partial charge in [-0.15, -0.1) is 0 Å². The van der Waals surface area contributed by atoms with Crippen molar-refractivity contribution in [1.82, 2.24) is 5.32 Å². The molecule has 0 spiro atoms. The van der Waals surface area contributed by atoms with Crippen molar-refractivity contribution in [3.8, 4) is 0 Å². The summed E-state index contributed by atoms with van der Waals surface area (Å²) in [5.74, 6) is 0.873. The topological polar surface area (TPSA) is 12.0 Å². The molecule has 0 aromatic carbocycles. The van der Waals surface area contributed by atoms with Crippen LogP contribution in [0.15, 0.2) is 12.2 Å². The zero-order chi connectivity index (χ0) is 10.4. The molecule has 1 heteroatoms. The van der Waals surface area contributed by atoms with Gasteiger partial charge in [0.1, 0.15) is 0 Å². The van der Waals surface area contributed by atoms with Crippen LogP contribution in [-0.4, -0.2) is 12.1 Å². The first-order valence-corrected chi connectivity index (χ1v) is 6.10. The number of nitrogens with one attached hydrogen (secondary N) is 1. The average molecular weight is 195 g/mol. The summed E-state index contributed by atoms with van der Waals surface area (Å²) < 4.78 is 0. The predicted octanol–water partition coefficient (Wildman–Crippen LogP) is 3.51. The highest BCUT2D eigenvalue weighted by Gasteiger charge is 2.20. The highest BCUT2D eigenvalue weighted by atomic mass is 15.0. The Labute approximate surface area is 89.0 Å². The van der Waals surface area contributed by atoms with Crippen LogP contribution in [0.4, 0.5) is 0 Å². The summed E-state index contributed by atoms with van der Waals surface area (Å²) in [5, 5.41) is 3.73. The number of rotatable bonds is 5. The van der Waals surface area contributed by atoms with E-state index in [2.05, 4.69) is 38.2 Å². The van der Waals surface area contributed by atoms with Crippen molar-refractivity contribution in [1.29, 1.82) is 0 Å². The second kappa shape index (κ2) is 5.55. The summed E-state index contributed by atoms with van der Waals surface area (Å²) >= 11 is 0. The summed E-state index contributed by atoms with van der Waals surface area (Å²) in [7, 11) is 0. The highest BCUT2D eigenvalue weighted by molar-refractivity contribution is 4.91. The summed E-state index contributed by atoms with van der Waals surface area (Å²) in [5.41, 5.74) is 0.362. The molecule has 1 atom stereocenters. The Hall–Kier alpha value is -0.300. The Bertz CT molecular complexity index is 180. The Morgan fingerprint density at radius 3 is 2.50 bits per heavy atom. The molecule has 14 heavy (non-hydrogen) atoms. The van der Waals surface area contributed by atoms with E-state index in [9.17, 15) is 0 Å². The molecule has 0 radical (unpaired) electrons. The van der Waals surface area contributed by atoms with Crippen molar-refractivity contribution < 1.29 is 0 Å². The van der Waals surface area contributed by atoms with Crippen LogP contribution < -0.4 is 5.32 Å². The number of hydrogen-bond donors (Lipinski definition) is 1. The first-order valence-electron chi connectivity index (χ1n) is 6.10. The normalized spacial score (nSPS) is 22.6. The first kappa shape index (κ1) is 11.8. The molecule has 0 aromatic heterocycles. The maximum Gasteiger partial charge on any atom is 0.0148 e. The van der Waals surface area contributed by atoms with Gasteiger partial charge in [-0.3, -0.25) is 0 Å². The van der Waals surface area contributed by atoms with Crippen LogP contribution in [0.1, 0.15) is 52.9 Å². The monoisotopic (exact) mass is 195 g/mol. The second-order valence-corrected chi connectivity index (χ2v) is 4.80. The van der Waals surface area contributed by atoms with Crippen molar-refractivity contribution >= 4 is 0 Å². The third-order valence-corrected chi connectivity index (χ3v) is 3.76. The van der Waals surface area contributed by atoms with Crippen molar-refractivity contribution in [2.75, 3.05) is 6.54 Å². The quantitative estimate of drug-likeness (QED) is 0.662. The van der Waals surface area contributed by atoms with Crippen molar-refractivity contribution in [3.63, 3.8) is 0 Å². The Morgan fingerprint density at radius 2 is 2.00 bits per heavy atom. The predicted molar refractivity (Wildman–Crippen MR) is 63.5 cm³/mol. The Balaban J connectivity index is 2.27. The van der Waals surface area contributed by atoms with Gasteiger partial charge in [0.2, 0.25) is 0 Å². The molecular weight excluding hydrogens is 170 g/mol. The van der Waals surface area contributed by atoms with Gasteiger partial charge in [0.25, 0.3) is 0 Å². The zero-order valence-electron chi connectivity index (χ0n) is 9.97. The van der Waals surface area contributed by atoms with E-state index < -0.39 is 0 Å². The lowest BCUT2D eigenvalue weighted by Gasteiger charge is -2.31. The van der Waals surface area contributed by atoms with E-state index in [-0.39, 0.29) is 0 Å². The fourth-order valence-electron chi connectivity index (χ4n) is 1.93. The molecule has 82 valence electrons. The van der Waals surface area contributed by atoms with Crippen LogP contribution in [0.25, 0.3) is 0 Å². The maximum atomic E-state index is 3.73. The van der Waals surface area contributed by atoms with Crippen molar-refractivity contribution in [2.24, 2.45) is 5.92 Å². The maximum absolute atomic E-state index is 3.73. The first-order chi connectivity index (χ1) is 6.70. The molecule has 0 fully saturated rings. The average Bonchev–Trinajstić information content (AvgIpc) is 2.27. The third-order valence-electron chi connectivity index (χ3n) is 3.76. The fraction of sp³-hybridized carbons (Fsp3) is 0.846. The molecule has 0 heterocycles. The van der Waals surface area contributed by atoms with Gasteiger partial charge >= 0.3 is 0 Å². The summed E-state index contributed by atoms with van der Waals surface area (Å²) in [6.07, 6.45) is 11.0. The summed E-state index contributed by atoms with van der Waals surface area (Å²) in [4.78, 5) is 0. The minimum Gasteiger partial charge on any atom is -0.311 e. The minimum absolute atomic E-state index is 0.362. The standard InChI is InChI=1S/C13H25N/c1-4-13(3,5-2)14-11-12-9-7-6-8-10-12/h6-7,12,14H,4-5,8-11H2,1-3H3. The van der Waals surface area contributed by atoms with E-state index in [1.54, 1.807) is 0 Å². The smallest absolute Gasteiger partial charge is 0.0148 e. The lowest BCUT2D eigenvalue weighted by Crippen LogP contribution is -2.43. The van der Waals surface area contributed by atoms with Crippen molar-refractivity contribution in [3.05, 3.63) is 12.2 Å². The lowest BCUT2D eigenvalue weighted by atomic mass is 9.91. The fourth-order valence-corrected chi connectivity index (χ4v) is 1.93. The van der Waals surface area contributed by atoms with Gasteiger partial charge in [0.15, 0.2) is 0 Å². The highest BCUT2D eigenvalue weighted by Crippen LogP contribution is 2.20. The second-order valence-electron chi connectivity index (χ2n) is 4.80. The molecule has 0 aromatic rings. The molecule has 0 bridgehead atoms. The van der Waals surface area contributed by atoms with Crippen molar-refractivity contribution in [2.45, 2.75) is 58.4 Å². The van der Waals surface area contributed by atoms with Crippen LogP contribution in [0.3, 0.4) is 0 Å². The van der Waals surface area contributed by atoms with Gasteiger partial charge in [0, 0.05) is 5.54 Å². The lowest BCUT2D eigenvalue weighted by molar-refractivity contribution is 0.296. The molecule has 0 saturated heterocycles. The van der Waals surface area contributed by atoms with Crippen LogP contribution >= 0.6 is 0 Å². The SMILES string of the molecule is CCC(C)(CC)NCC1CC=CCC1. The van der Waals surface area contributed by atoms with Gasteiger partial charge < -0.3 is 5.32 Å². The van der Waals surface area contributed by atoms with Gasteiger partial charge in [-0.1, -0.05) is 26.0 Å². The van der Waals surface area contributed by atoms with Crippen LogP contribution in [0, 0.1) is 5.92 Å². The molecule has 1 rings (SSSR count). The number of hydrogen-bond acceptors (Lipinski definition) is 1. The summed E-state index contributed by atoms with van der Waals surface area (Å²) in [6.45, 7) is 8.09. The summed E-state index contributed by atoms with van der Waals surface area (Å²) in [6, 6.07) is 0.